The standard InChI is InChI=1S/C23H20ClF2N3O/c24-16-2-1-3-17-19(16)20(30)28-21-22(11-23(25,26)12-22)15-5-4-14(10-18(15)29(17)21)13-6-8-27-9-7-13/h1-5,10,13,27H,6-9,11-12H2. The summed E-state index contributed by atoms with van der Waals surface area (Å²) in [6, 6.07) is 11.4. The molecule has 154 valence electrons. The number of halogens is 3. The number of fused-ring (bicyclic) bond motifs is 7. The van der Waals surface area contributed by atoms with E-state index in [1.165, 1.54) is 5.56 Å². The smallest absolute Gasteiger partial charge is 0.282 e. The van der Waals surface area contributed by atoms with E-state index in [4.69, 9.17) is 11.6 Å². The van der Waals surface area contributed by atoms with Crippen molar-refractivity contribution in [2.75, 3.05) is 13.1 Å². The molecule has 2 fully saturated rings. The van der Waals surface area contributed by atoms with Gasteiger partial charge in [-0.2, -0.15) is 4.98 Å². The number of nitrogens with one attached hydrogen (secondary N) is 1. The monoisotopic (exact) mass is 427 g/mol. The second kappa shape index (κ2) is 6.11. The van der Waals surface area contributed by atoms with E-state index in [1.54, 1.807) is 12.1 Å². The minimum absolute atomic E-state index is 0.321. The number of hydrogen-bond acceptors (Lipinski definition) is 3. The maximum absolute atomic E-state index is 14.1. The van der Waals surface area contributed by atoms with Gasteiger partial charge in [-0.1, -0.05) is 29.8 Å². The molecule has 6 rings (SSSR count). The zero-order chi connectivity index (χ0) is 20.7. The summed E-state index contributed by atoms with van der Waals surface area (Å²) in [5, 5.41) is 4.05. The van der Waals surface area contributed by atoms with Crippen LogP contribution in [0.2, 0.25) is 5.02 Å². The first-order valence-corrected chi connectivity index (χ1v) is 10.7. The summed E-state index contributed by atoms with van der Waals surface area (Å²) in [5.41, 5.74) is 2.16. The van der Waals surface area contributed by atoms with Crippen molar-refractivity contribution in [2.24, 2.45) is 0 Å². The molecular formula is C23H20ClF2N3O. The number of alkyl halides is 2. The molecule has 0 bridgehead atoms. The van der Waals surface area contributed by atoms with Crippen LogP contribution in [0, 0.1) is 0 Å². The van der Waals surface area contributed by atoms with Gasteiger partial charge in [0.25, 0.3) is 11.5 Å². The lowest BCUT2D eigenvalue weighted by Gasteiger charge is -2.44. The molecule has 0 atom stereocenters. The zero-order valence-corrected chi connectivity index (χ0v) is 17.0. The van der Waals surface area contributed by atoms with Crippen LogP contribution in [0.15, 0.2) is 41.2 Å². The molecule has 7 heteroatoms. The molecule has 2 aromatic carbocycles. The fourth-order valence-electron chi connectivity index (χ4n) is 5.64. The Kier molecular flexibility index (Phi) is 3.76. The highest BCUT2D eigenvalue weighted by molar-refractivity contribution is 6.35. The highest BCUT2D eigenvalue weighted by Crippen LogP contribution is 2.61. The molecule has 1 saturated carbocycles. The Morgan fingerprint density at radius 1 is 1.13 bits per heavy atom. The van der Waals surface area contributed by atoms with Gasteiger partial charge in [0.15, 0.2) is 0 Å². The van der Waals surface area contributed by atoms with Gasteiger partial charge in [0.1, 0.15) is 5.82 Å². The van der Waals surface area contributed by atoms with E-state index in [-0.39, 0.29) is 12.8 Å². The van der Waals surface area contributed by atoms with Crippen LogP contribution in [0.25, 0.3) is 16.6 Å². The van der Waals surface area contributed by atoms with Crippen LogP contribution >= 0.6 is 11.6 Å². The van der Waals surface area contributed by atoms with Crippen LogP contribution in [0.3, 0.4) is 0 Å². The molecule has 3 aliphatic rings. The van der Waals surface area contributed by atoms with Crippen LogP contribution in [-0.2, 0) is 5.41 Å². The second-order valence-corrected chi connectivity index (χ2v) is 9.21. The van der Waals surface area contributed by atoms with Crippen molar-refractivity contribution in [3.63, 3.8) is 0 Å². The van der Waals surface area contributed by atoms with Gasteiger partial charge in [-0.05, 0) is 61.2 Å². The molecule has 1 spiro atoms. The highest BCUT2D eigenvalue weighted by atomic mass is 35.5. The van der Waals surface area contributed by atoms with Gasteiger partial charge >= 0.3 is 0 Å². The van der Waals surface area contributed by atoms with E-state index in [0.717, 1.165) is 37.2 Å². The molecule has 1 aliphatic carbocycles. The molecule has 4 nitrogen and oxygen atoms in total. The highest BCUT2D eigenvalue weighted by Gasteiger charge is 2.63. The fourth-order valence-corrected chi connectivity index (χ4v) is 5.89. The molecule has 0 unspecified atom stereocenters. The van der Waals surface area contributed by atoms with Gasteiger partial charge in [0.05, 0.1) is 27.0 Å². The quantitative estimate of drug-likeness (QED) is 0.620. The Hall–Kier alpha value is -2.31. The summed E-state index contributed by atoms with van der Waals surface area (Å²) in [7, 11) is 0. The largest absolute Gasteiger partial charge is 0.317 e. The third-order valence-electron chi connectivity index (χ3n) is 7.00. The van der Waals surface area contributed by atoms with Gasteiger partial charge < -0.3 is 5.32 Å². The normalized spacial score (nSPS) is 21.4. The third kappa shape index (κ3) is 2.41. The average molecular weight is 428 g/mol. The zero-order valence-electron chi connectivity index (χ0n) is 16.2. The van der Waals surface area contributed by atoms with E-state index >= 15 is 0 Å². The molecule has 1 aromatic heterocycles. The van der Waals surface area contributed by atoms with Crippen LogP contribution in [-0.4, -0.2) is 28.6 Å². The van der Waals surface area contributed by atoms with Gasteiger partial charge in [-0.15, -0.1) is 0 Å². The van der Waals surface area contributed by atoms with Crippen molar-refractivity contribution in [1.82, 2.24) is 14.9 Å². The molecule has 30 heavy (non-hydrogen) atoms. The summed E-state index contributed by atoms with van der Waals surface area (Å²) < 4.78 is 30.2. The minimum atomic E-state index is -2.75. The lowest BCUT2D eigenvalue weighted by atomic mass is 9.62. The average Bonchev–Trinajstić information content (AvgIpc) is 2.97. The minimum Gasteiger partial charge on any atom is -0.317 e. The van der Waals surface area contributed by atoms with E-state index < -0.39 is 16.9 Å². The van der Waals surface area contributed by atoms with Crippen LogP contribution in [0.1, 0.15) is 48.6 Å². The van der Waals surface area contributed by atoms with Crippen molar-refractivity contribution in [3.8, 4) is 5.69 Å². The third-order valence-corrected chi connectivity index (χ3v) is 7.32. The SMILES string of the molecule is O=c1nc2n(c3cccc(Cl)c13)-c1cc(C3CCNCC3)ccc1C21CC(F)(F)C1. The Morgan fingerprint density at radius 3 is 2.63 bits per heavy atom. The molecule has 3 heterocycles. The summed E-state index contributed by atoms with van der Waals surface area (Å²) in [5.74, 6) is -1.89. The number of aromatic nitrogens is 2. The Morgan fingerprint density at radius 2 is 1.90 bits per heavy atom. The Bertz CT molecular complexity index is 1260. The first-order chi connectivity index (χ1) is 14.4. The van der Waals surface area contributed by atoms with Crippen LogP contribution in [0.5, 0.6) is 0 Å². The summed E-state index contributed by atoms with van der Waals surface area (Å²) in [6.07, 6.45) is 1.45. The summed E-state index contributed by atoms with van der Waals surface area (Å²) >= 11 is 6.33. The number of benzene rings is 2. The number of nitrogens with zero attached hydrogens (tertiary/aromatic N) is 2. The summed E-state index contributed by atoms with van der Waals surface area (Å²) in [4.78, 5) is 17.1. The predicted octanol–water partition coefficient (Wildman–Crippen LogP) is 4.53. The lowest BCUT2D eigenvalue weighted by Crippen LogP contribution is -2.50. The maximum Gasteiger partial charge on any atom is 0.282 e. The number of hydrogen-bond donors (Lipinski definition) is 1. The van der Waals surface area contributed by atoms with Crippen molar-refractivity contribution in [3.05, 3.63) is 68.7 Å². The number of piperidine rings is 1. The van der Waals surface area contributed by atoms with Crippen molar-refractivity contribution < 1.29 is 8.78 Å². The van der Waals surface area contributed by atoms with Gasteiger partial charge in [-0.3, -0.25) is 9.36 Å². The molecule has 0 amide bonds. The first-order valence-electron chi connectivity index (χ1n) is 10.3. The molecule has 1 saturated heterocycles. The fraction of sp³-hybridized carbons (Fsp3) is 0.391. The molecule has 1 N–H and O–H groups in total. The second-order valence-electron chi connectivity index (χ2n) is 8.80. The van der Waals surface area contributed by atoms with Crippen molar-refractivity contribution in [1.29, 1.82) is 0 Å². The van der Waals surface area contributed by atoms with Gasteiger partial charge in [0.2, 0.25) is 0 Å². The van der Waals surface area contributed by atoms with Crippen LogP contribution in [0.4, 0.5) is 8.78 Å². The predicted molar refractivity (Wildman–Crippen MR) is 112 cm³/mol. The molecule has 2 aliphatic heterocycles. The molecular weight excluding hydrogens is 408 g/mol. The maximum atomic E-state index is 14.1. The van der Waals surface area contributed by atoms with Gasteiger partial charge in [-0.25, -0.2) is 8.78 Å². The molecule has 3 aromatic rings. The van der Waals surface area contributed by atoms with Crippen molar-refractivity contribution in [2.45, 2.75) is 42.9 Å². The van der Waals surface area contributed by atoms with E-state index in [1.807, 2.05) is 16.7 Å². The van der Waals surface area contributed by atoms with Gasteiger partial charge in [0, 0.05) is 12.8 Å². The first kappa shape index (κ1) is 18.5. The Labute approximate surface area is 176 Å². The van der Waals surface area contributed by atoms with E-state index in [9.17, 15) is 13.6 Å². The van der Waals surface area contributed by atoms with Crippen LogP contribution < -0.4 is 10.9 Å². The van der Waals surface area contributed by atoms with E-state index in [0.29, 0.717) is 27.7 Å². The number of rotatable bonds is 1. The van der Waals surface area contributed by atoms with Crippen molar-refractivity contribution >= 4 is 22.5 Å². The Balaban J connectivity index is 1.64. The molecule has 0 radical (unpaired) electrons. The van der Waals surface area contributed by atoms with E-state index in [2.05, 4.69) is 22.4 Å². The summed E-state index contributed by atoms with van der Waals surface area (Å²) in [6.45, 7) is 1.95. The topological polar surface area (TPSA) is 46.9 Å². The lowest BCUT2D eigenvalue weighted by molar-refractivity contribution is -0.114.